The number of likely N-dealkylation sites (N-methyl/N-ethyl adjacent to an activating group) is 1. The molecule has 1 fully saturated rings. The summed E-state index contributed by atoms with van der Waals surface area (Å²) in [4.78, 5) is 17.0. The lowest BCUT2D eigenvalue weighted by Crippen LogP contribution is -2.40. The molecule has 2 aliphatic rings. The largest absolute Gasteiger partial charge is 0.398 e. The van der Waals surface area contributed by atoms with Crippen molar-refractivity contribution >= 4 is 33.1 Å². The first-order valence-electron chi connectivity index (χ1n) is 12.9. The number of benzene rings is 2. The average Bonchev–Trinajstić information content (AvgIpc) is 3.33. The van der Waals surface area contributed by atoms with Crippen molar-refractivity contribution in [1.29, 1.82) is 0 Å². The molecular weight excluding hydrogens is 544 g/mol. The van der Waals surface area contributed by atoms with E-state index in [9.17, 15) is 22.0 Å². The van der Waals surface area contributed by atoms with Gasteiger partial charge in [0.15, 0.2) is 5.82 Å². The van der Waals surface area contributed by atoms with Gasteiger partial charge in [-0.3, -0.25) is 14.8 Å². The molecule has 0 saturated carbocycles. The molecule has 0 unspecified atom stereocenters. The van der Waals surface area contributed by atoms with E-state index in [1.165, 1.54) is 0 Å². The Kier molecular flexibility index (Phi) is 8.03. The number of hydrogen-bond acceptors (Lipinski definition) is 8. The fourth-order valence-electron chi connectivity index (χ4n) is 4.82. The summed E-state index contributed by atoms with van der Waals surface area (Å²) < 4.78 is 60.1. The second-order valence-electron chi connectivity index (χ2n) is 9.82. The molecule has 1 amide bonds. The summed E-state index contributed by atoms with van der Waals surface area (Å²) >= 11 is 0. The van der Waals surface area contributed by atoms with Crippen molar-refractivity contribution in [3.8, 4) is 0 Å². The van der Waals surface area contributed by atoms with Crippen molar-refractivity contribution < 1.29 is 26.7 Å². The van der Waals surface area contributed by atoms with Crippen LogP contribution in [0.1, 0.15) is 21.6 Å². The average molecular weight is 576 g/mol. The third kappa shape index (κ3) is 5.94. The van der Waals surface area contributed by atoms with E-state index in [-0.39, 0.29) is 36.6 Å². The second-order valence-corrected chi connectivity index (χ2v) is 11.8. The summed E-state index contributed by atoms with van der Waals surface area (Å²) in [5.41, 5.74) is 8.78. The van der Waals surface area contributed by atoms with Crippen molar-refractivity contribution in [3.63, 3.8) is 0 Å². The zero-order valence-electron chi connectivity index (χ0n) is 22.0. The molecule has 3 aromatic rings. The molecule has 11 nitrogen and oxygen atoms in total. The fourth-order valence-corrected chi connectivity index (χ4v) is 6.27. The lowest BCUT2D eigenvalue weighted by molar-refractivity contribution is 0.0393. The number of nitrogen functional groups attached to an aromatic ring is 1. The number of anilines is 3. The Bertz CT molecular complexity index is 1490. The highest BCUT2D eigenvalue weighted by Gasteiger charge is 2.32. The molecule has 14 heteroatoms. The summed E-state index contributed by atoms with van der Waals surface area (Å²) in [5, 5.41) is 9.72. The van der Waals surface area contributed by atoms with Crippen molar-refractivity contribution in [2.45, 2.75) is 17.9 Å². The van der Waals surface area contributed by atoms with Crippen molar-refractivity contribution in [2.75, 3.05) is 68.9 Å². The Labute approximate surface area is 230 Å². The first-order chi connectivity index (χ1) is 19.1. The number of morpholine rings is 1. The number of nitrogens with two attached hydrogens (primary N) is 1. The van der Waals surface area contributed by atoms with Crippen LogP contribution in [-0.2, 0) is 27.7 Å². The molecule has 3 heterocycles. The minimum atomic E-state index is -4.19. The number of aromatic nitrogens is 2. The SMILES string of the molecule is CN(CCN1CCOCC1)c1ccc(C(=O)Nc2n[nH]c3c2CN(S(=O)(=O)c2cc(F)cc(F)c2)CC3)c(N)c1. The summed E-state index contributed by atoms with van der Waals surface area (Å²) in [6, 6.07) is 7.35. The Morgan fingerprint density at radius 3 is 2.58 bits per heavy atom. The number of rotatable bonds is 8. The summed E-state index contributed by atoms with van der Waals surface area (Å²) in [6.07, 6.45) is 0.281. The smallest absolute Gasteiger partial charge is 0.258 e. The number of halogens is 2. The van der Waals surface area contributed by atoms with Crippen LogP contribution in [0.5, 0.6) is 0 Å². The predicted octanol–water partition coefficient (Wildman–Crippen LogP) is 2.04. The van der Waals surface area contributed by atoms with E-state index >= 15 is 0 Å². The van der Waals surface area contributed by atoms with Gasteiger partial charge in [-0.15, -0.1) is 0 Å². The number of carbonyl (C=O) groups excluding carboxylic acids is 1. The standard InChI is InChI=1S/C26H31F2N7O4S/c1-33(6-7-34-8-10-39-11-9-34)19-2-3-21(23(29)15-19)26(36)30-25-22-16-35(5-4-24(22)31-32-25)40(37,38)20-13-17(27)12-18(28)14-20/h2-3,12-15H,4-11,16,29H2,1H3,(H2,30,31,32,36). The van der Waals surface area contributed by atoms with Gasteiger partial charge in [-0.2, -0.15) is 9.40 Å². The monoisotopic (exact) mass is 575 g/mol. The Morgan fingerprint density at radius 1 is 1.15 bits per heavy atom. The quantitative estimate of drug-likeness (QED) is 0.347. The molecule has 0 bridgehead atoms. The van der Waals surface area contributed by atoms with Crippen LogP contribution in [0, 0.1) is 11.6 Å². The van der Waals surface area contributed by atoms with E-state index in [2.05, 4.69) is 25.3 Å². The number of nitrogens with zero attached hydrogens (tertiary/aromatic N) is 4. The fraction of sp³-hybridized carbons (Fsp3) is 0.385. The van der Waals surface area contributed by atoms with Crippen molar-refractivity contribution in [3.05, 3.63) is 64.9 Å². The maximum absolute atomic E-state index is 13.7. The van der Waals surface area contributed by atoms with Gasteiger partial charge < -0.3 is 20.7 Å². The number of hydrogen-bond donors (Lipinski definition) is 3. The zero-order chi connectivity index (χ0) is 28.4. The summed E-state index contributed by atoms with van der Waals surface area (Å²) in [5.74, 6) is -2.31. The van der Waals surface area contributed by atoms with Gasteiger partial charge in [0.05, 0.1) is 23.7 Å². The number of carbonyl (C=O) groups is 1. The van der Waals surface area contributed by atoms with E-state index < -0.39 is 32.5 Å². The number of nitrogens with one attached hydrogen (secondary N) is 2. The van der Waals surface area contributed by atoms with E-state index in [1.807, 2.05) is 13.1 Å². The zero-order valence-corrected chi connectivity index (χ0v) is 22.8. The van der Waals surface area contributed by atoms with Crippen LogP contribution in [0.3, 0.4) is 0 Å². The highest BCUT2D eigenvalue weighted by Crippen LogP contribution is 2.30. The number of fused-ring (bicyclic) bond motifs is 1. The first kappa shape index (κ1) is 28.0. The predicted molar refractivity (Wildman–Crippen MR) is 146 cm³/mol. The van der Waals surface area contributed by atoms with Gasteiger partial charge in [-0.1, -0.05) is 0 Å². The van der Waals surface area contributed by atoms with Crippen LogP contribution in [-0.4, -0.2) is 86.7 Å². The van der Waals surface area contributed by atoms with Gasteiger partial charge in [0, 0.05) is 81.4 Å². The van der Waals surface area contributed by atoms with Crippen LogP contribution in [0.2, 0.25) is 0 Å². The molecule has 5 rings (SSSR count). The number of sulfonamides is 1. The molecule has 2 aliphatic heterocycles. The normalized spacial score (nSPS) is 16.5. The van der Waals surface area contributed by atoms with Crippen molar-refractivity contribution in [1.82, 2.24) is 19.4 Å². The molecule has 0 spiro atoms. The molecule has 0 radical (unpaired) electrons. The number of H-pyrrole nitrogens is 1. The van der Waals surface area contributed by atoms with Gasteiger partial charge in [0.1, 0.15) is 11.6 Å². The maximum atomic E-state index is 13.7. The Hall–Kier alpha value is -3.59. The molecule has 4 N–H and O–H groups in total. The molecule has 1 saturated heterocycles. The van der Waals surface area contributed by atoms with Crippen molar-refractivity contribution in [2.24, 2.45) is 0 Å². The van der Waals surface area contributed by atoms with E-state index in [4.69, 9.17) is 10.5 Å². The Morgan fingerprint density at radius 2 is 1.88 bits per heavy atom. The number of amides is 1. The third-order valence-electron chi connectivity index (χ3n) is 7.18. The van der Waals surface area contributed by atoms with Crippen LogP contribution >= 0.6 is 0 Å². The first-order valence-corrected chi connectivity index (χ1v) is 14.3. The summed E-state index contributed by atoms with van der Waals surface area (Å²) in [7, 11) is -2.23. The van der Waals surface area contributed by atoms with Gasteiger partial charge in [0.2, 0.25) is 10.0 Å². The number of ether oxygens (including phenoxy) is 1. The van der Waals surface area contributed by atoms with Crippen LogP contribution in [0.25, 0.3) is 0 Å². The lowest BCUT2D eigenvalue weighted by atomic mass is 10.1. The molecular formula is C26H31F2N7O4S. The number of aromatic amines is 1. The van der Waals surface area contributed by atoms with Gasteiger partial charge in [-0.05, 0) is 30.3 Å². The van der Waals surface area contributed by atoms with Gasteiger partial charge in [-0.25, -0.2) is 17.2 Å². The van der Waals surface area contributed by atoms with Crippen LogP contribution in [0.4, 0.5) is 26.0 Å². The van der Waals surface area contributed by atoms with Gasteiger partial charge in [0.25, 0.3) is 5.91 Å². The minimum Gasteiger partial charge on any atom is -0.398 e. The highest BCUT2D eigenvalue weighted by molar-refractivity contribution is 7.89. The van der Waals surface area contributed by atoms with E-state index in [0.717, 1.165) is 61.5 Å². The molecule has 0 atom stereocenters. The van der Waals surface area contributed by atoms with Crippen LogP contribution < -0.4 is 16.0 Å². The Balaban J connectivity index is 1.26. The highest BCUT2D eigenvalue weighted by atomic mass is 32.2. The maximum Gasteiger partial charge on any atom is 0.258 e. The topological polar surface area (TPSA) is 137 Å². The third-order valence-corrected chi connectivity index (χ3v) is 9.00. The lowest BCUT2D eigenvalue weighted by Gasteiger charge is -2.29. The molecule has 40 heavy (non-hydrogen) atoms. The molecule has 214 valence electrons. The molecule has 0 aliphatic carbocycles. The van der Waals surface area contributed by atoms with E-state index in [1.54, 1.807) is 12.1 Å². The second kappa shape index (κ2) is 11.5. The summed E-state index contributed by atoms with van der Waals surface area (Å²) in [6.45, 7) is 4.89. The van der Waals surface area contributed by atoms with Gasteiger partial charge >= 0.3 is 0 Å². The van der Waals surface area contributed by atoms with Crippen LogP contribution in [0.15, 0.2) is 41.3 Å². The molecule has 2 aromatic carbocycles. The van der Waals surface area contributed by atoms with E-state index in [0.29, 0.717) is 17.3 Å². The minimum absolute atomic E-state index is 0.0799. The molecule has 1 aromatic heterocycles.